The molecule has 0 saturated heterocycles. The second-order valence-corrected chi connectivity index (χ2v) is 7.41. The first-order valence-electron chi connectivity index (χ1n) is 10.6. The van der Waals surface area contributed by atoms with Crippen molar-refractivity contribution in [3.63, 3.8) is 0 Å². The third-order valence-electron chi connectivity index (χ3n) is 4.62. The molecule has 0 aromatic heterocycles. The number of nitrogens with zero attached hydrogens (tertiary/aromatic N) is 1. The average Bonchev–Trinajstić information content (AvgIpc) is 2.86. The number of hydrogen-bond acceptors (Lipinski definition) is 6. The summed E-state index contributed by atoms with van der Waals surface area (Å²) in [4.78, 5) is 38.1. The van der Waals surface area contributed by atoms with Gasteiger partial charge in [-0.05, 0) is 48.5 Å². The molecule has 0 aliphatic carbocycles. The summed E-state index contributed by atoms with van der Waals surface area (Å²) in [6.45, 7) is 0.0589. The van der Waals surface area contributed by atoms with E-state index in [2.05, 4.69) is 5.32 Å². The van der Waals surface area contributed by atoms with Gasteiger partial charge in [0.1, 0.15) is 30.3 Å². The topological polar surface area (TPSA) is 94.2 Å². The van der Waals surface area contributed by atoms with Crippen LogP contribution >= 0.6 is 0 Å². The van der Waals surface area contributed by atoms with Crippen LogP contribution in [0, 0.1) is 0 Å². The Morgan fingerprint density at radius 2 is 1.44 bits per heavy atom. The number of rotatable bonds is 10. The van der Waals surface area contributed by atoms with Crippen molar-refractivity contribution in [3.05, 3.63) is 90.0 Å². The monoisotopic (exact) mass is 462 g/mol. The van der Waals surface area contributed by atoms with Gasteiger partial charge in [-0.25, -0.2) is 4.79 Å². The standard InChI is InChI=1S/C26H26N2O6/c1-28(2)25(30)19-12-14-20(15-13-19)27-24(29)18-34-26(31)22-10-6-7-11-23(22)33-17-16-32-21-8-4-3-5-9-21/h3-15H,16-18H2,1-2H3,(H,27,29). The maximum Gasteiger partial charge on any atom is 0.342 e. The van der Waals surface area contributed by atoms with Gasteiger partial charge in [0.05, 0.1) is 0 Å². The zero-order valence-electron chi connectivity index (χ0n) is 19.0. The molecule has 3 aromatic rings. The van der Waals surface area contributed by atoms with E-state index in [4.69, 9.17) is 14.2 Å². The largest absolute Gasteiger partial charge is 0.490 e. The number of carbonyl (C=O) groups excluding carboxylic acids is 3. The first-order chi connectivity index (χ1) is 16.4. The van der Waals surface area contributed by atoms with E-state index in [9.17, 15) is 14.4 Å². The molecule has 0 saturated carbocycles. The van der Waals surface area contributed by atoms with Gasteiger partial charge in [0.2, 0.25) is 0 Å². The molecule has 0 heterocycles. The fraction of sp³-hybridized carbons (Fsp3) is 0.192. The van der Waals surface area contributed by atoms with Crippen molar-refractivity contribution in [2.45, 2.75) is 0 Å². The summed E-state index contributed by atoms with van der Waals surface area (Å²) in [5, 5.41) is 2.63. The van der Waals surface area contributed by atoms with E-state index in [-0.39, 0.29) is 18.1 Å². The summed E-state index contributed by atoms with van der Waals surface area (Å²) in [6, 6.07) is 22.4. The van der Waals surface area contributed by atoms with Crippen LogP contribution in [0.2, 0.25) is 0 Å². The average molecular weight is 463 g/mol. The molecule has 34 heavy (non-hydrogen) atoms. The van der Waals surface area contributed by atoms with Gasteiger partial charge in [0, 0.05) is 25.3 Å². The van der Waals surface area contributed by atoms with Crippen molar-refractivity contribution in [2.24, 2.45) is 0 Å². The van der Waals surface area contributed by atoms with Gasteiger partial charge in [-0.2, -0.15) is 0 Å². The Hall–Kier alpha value is -4.33. The Morgan fingerprint density at radius 1 is 0.794 bits per heavy atom. The Kier molecular flexibility index (Phi) is 8.62. The highest BCUT2D eigenvalue weighted by molar-refractivity contribution is 5.97. The Labute approximate surface area is 198 Å². The lowest BCUT2D eigenvalue weighted by molar-refractivity contribution is -0.119. The van der Waals surface area contributed by atoms with E-state index in [0.29, 0.717) is 23.6 Å². The molecule has 0 unspecified atom stereocenters. The predicted octanol–water partition coefficient (Wildman–Crippen LogP) is 3.64. The molecule has 8 heteroatoms. The predicted molar refractivity (Wildman–Crippen MR) is 127 cm³/mol. The molecule has 8 nitrogen and oxygen atoms in total. The Bertz CT molecular complexity index is 1110. The fourth-order valence-corrected chi connectivity index (χ4v) is 2.95. The molecule has 0 atom stereocenters. The Balaban J connectivity index is 1.47. The second-order valence-electron chi connectivity index (χ2n) is 7.41. The minimum absolute atomic E-state index is 0.140. The van der Waals surface area contributed by atoms with Crippen molar-refractivity contribution < 1.29 is 28.6 Å². The number of esters is 1. The summed E-state index contributed by atoms with van der Waals surface area (Å²) < 4.78 is 16.4. The second kappa shape index (κ2) is 12.1. The minimum atomic E-state index is -0.679. The third-order valence-corrected chi connectivity index (χ3v) is 4.62. The lowest BCUT2D eigenvalue weighted by Gasteiger charge is -2.12. The normalized spacial score (nSPS) is 10.2. The molecule has 1 N–H and O–H groups in total. The van der Waals surface area contributed by atoms with Crippen LogP contribution < -0.4 is 14.8 Å². The maximum absolute atomic E-state index is 12.5. The smallest absolute Gasteiger partial charge is 0.342 e. The summed E-state index contributed by atoms with van der Waals surface area (Å²) in [5.41, 5.74) is 1.19. The highest BCUT2D eigenvalue weighted by Crippen LogP contribution is 2.19. The molecular formula is C26H26N2O6. The molecule has 0 aliphatic rings. The highest BCUT2D eigenvalue weighted by Gasteiger charge is 2.16. The molecular weight excluding hydrogens is 436 g/mol. The number of para-hydroxylation sites is 2. The van der Waals surface area contributed by atoms with E-state index < -0.39 is 18.5 Å². The van der Waals surface area contributed by atoms with Crippen LogP contribution in [-0.4, -0.2) is 56.6 Å². The van der Waals surface area contributed by atoms with Gasteiger partial charge >= 0.3 is 5.97 Å². The zero-order valence-corrected chi connectivity index (χ0v) is 19.0. The molecule has 0 spiro atoms. The quantitative estimate of drug-likeness (QED) is 0.365. The molecule has 0 fully saturated rings. The lowest BCUT2D eigenvalue weighted by Crippen LogP contribution is -2.22. The number of ether oxygens (including phenoxy) is 3. The molecule has 0 aliphatic heterocycles. The number of amides is 2. The minimum Gasteiger partial charge on any atom is -0.490 e. The van der Waals surface area contributed by atoms with E-state index in [1.54, 1.807) is 62.6 Å². The summed E-state index contributed by atoms with van der Waals surface area (Å²) >= 11 is 0. The van der Waals surface area contributed by atoms with Crippen molar-refractivity contribution in [1.29, 1.82) is 0 Å². The maximum atomic E-state index is 12.5. The number of anilines is 1. The van der Waals surface area contributed by atoms with E-state index in [0.717, 1.165) is 5.75 Å². The highest BCUT2D eigenvalue weighted by atomic mass is 16.5. The lowest BCUT2D eigenvalue weighted by atomic mass is 10.2. The van der Waals surface area contributed by atoms with Crippen molar-refractivity contribution >= 4 is 23.5 Å². The van der Waals surface area contributed by atoms with Crippen LogP contribution in [0.4, 0.5) is 5.69 Å². The van der Waals surface area contributed by atoms with Crippen LogP contribution in [0.15, 0.2) is 78.9 Å². The SMILES string of the molecule is CN(C)C(=O)c1ccc(NC(=O)COC(=O)c2ccccc2OCCOc2ccccc2)cc1. The van der Waals surface area contributed by atoms with Crippen LogP contribution in [-0.2, 0) is 9.53 Å². The summed E-state index contributed by atoms with van der Waals surface area (Å²) in [5.74, 6) is -0.259. The van der Waals surface area contributed by atoms with Crippen molar-refractivity contribution in [1.82, 2.24) is 4.90 Å². The van der Waals surface area contributed by atoms with Gasteiger partial charge in [-0.1, -0.05) is 30.3 Å². The van der Waals surface area contributed by atoms with Gasteiger partial charge in [-0.3, -0.25) is 9.59 Å². The number of carbonyl (C=O) groups is 3. The first-order valence-corrected chi connectivity index (χ1v) is 10.6. The Morgan fingerprint density at radius 3 is 2.15 bits per heavy atom. The molecule has 0 radical (unpaired) electrons. The van der Waals surface area contributed by atoms with Gasteiger partial charge in [-0.15, -0.1) is 0 Å². The number of hydrogen-bond donors (Lipinski definition) is 1. The van der Waals surface area contributed by atoms with E-state index in [1.165, 1.54) is 4.90 Å². The molecule has 176 valence electrons. The zero-order chi connectivity index (χ0) is 24.3. The summed E-state index contributed by atoms with van der Waals surface area (Å²) in [7, 11) is 3.32. The van der Waals surface area contributed by atoms with Crippen molar-refractivity contribution in [3.8, 4) is 11.5 Å². The van der Waals surface area contributed by atoms with Crippen LogP contribution in [0.1, 0.15) is 20.7 Å². The molecule has 2 amide bonds. The number of benzene rings is 3. The van der Waals surface area contributed by atoms with Crippen LogP contribution in [0.3, 0.4) is 0 Å². The van der Waals surface area contributed by atoms with Gasteiger partial charge in [0.25, 0.3) is 11.8 Å². The first kappa shape index (κ1) is 24.3. The third kappa shape index (κ3) is 7.09. The van der Waals surface area contributed by atoms with E-state index >= 15 is 0 Å². The van der Waals surface area contributed by atoms with Gasteiger partial charge in [0.15, 0.2) is 6.61 Å². The summed E-state index contributed by atoms with van der Waals surface area (Å²) in [6.07, 6.45) is 0. The van der Waals surface area contributed by atoms with Crippen LogP contribution in [0.25, 0.3) is 0 Å². The fourth-order valence-electron chi connectivity index (χ4n) is 2.95. The van der Waals surface area contributed by atoms with Gasteiger partial charge < -0.3 is 24.4 Å². The van der Waals surface area contributed by atoms with Crippen LogP contribution in [0.5, 0.6) is 11.5 Å². The molecule has 3 rings (SSSR count). The molecule has 3 aromatic carbocycles. The number of nitrogens with one attached hydrogen (secondary N) is 1. The van der Waals surface area contributed by atoms with E-state index in [1.807, 2.05) is 30.3 Å². The van der Waals surface area contributed by atoms with Crippen molar-refractivity contribution in [2.75, 3.05) is 39.2 Å². The molecule has 0 bridgehead atoms.